The van der Waals surface area contributed by atoms with Crippen molar-refractivity contribution in [2.24, 2.45) is 11.3 Å². The molecule has 0 aromatic heterocycles. The highest BCUT2D eigenvalue weighted by molar-refractivity contribution is 14.1. The van der Waals surface area contributed by atoms with Gasteiger partial charge in [0.05, 0.1) is 14.2 Å². The summed E-state index contributed by atoms with van der Waals surface area (Å²) in [5, 5.41) is 0. The SMILES string of the molecule is COc1c(C(C)C)cc2c(c1OC)[C@@]1(CI)CCCC(C)(C)C1C(=O)C2. The average Bonchev–Trinajstić information content (AvgIpc) is 2.58. The summed E-state index contributed by atoms with van der Waals surface area (Å²) in [6, 6.07) is 2.21. The van der Waals surface area contributed by atoms with Gasteiger partial charge >= 0.3 is 0 Å². The van der Waals surface area contributed by atoms with E-state index >= 15 is 0 Å². The summed E-state index contributed by atoms with van der Waals surface area (Å²) < 4.78 is 12.7. The van der Waals surface area contributed by atoms with Crippen LogP contribution in [0, 0.1) is 11.3 Å². The quantitative estimate of drug-likeness (QED) is 0.434. The van der Waals surface area contributed by atoms with Crippen LogP contribution < -0.4 is 9.47 Å². The van der Waals surface area contributed by atoms with Gasteiger partial charge in [-0.05, 0) is 29.7 Å². The van der Waals surface area contributed by atoms with Gasteiger partial charge in [-0.3, -0.25) is 4.79 Å². The summed E-state index contributed by atoms with van der Waals surface area (Å²) in [5.74, 6) is 2.48. The fourth-order valence-electron chi connectivity index (χ4n) is 5.65. The van der Waals surface area contributed by atoms with Crippen LogP contribution in [0.15, 0.2) is 6.07 Å². The monoisotopic (exact) mass is 470 g/mol. The maximum Gasteiger partial charge on any atom is 0.165 e. The maximum absolute atomic E-state index is 13.3. The second-order valence-electron chi connectivity index (χ2n) is 8.93. The molecular formula is C22H31IO3. The number of Topliss-reactive ketones (excluding diaryl/α,β-unsaturated/α-hetero) is 1. The number of hydrogen-bond acceptors (Lipinski definition) is 3. The maximum atomic E-state index is 13.3. The van der Waals surface area contributed by atoms with Gasteiger partial charge in [-0.25, -0.2) is 0 Å². The fraction of sp³-hybridized carbons (Fsp3) is 0.682. The smallest absolute Gasteiger partial charge is 0.165 e. The normalized spacial score (nSPS) is 27.1. The van der Waals surface area contributed by atoms with Crippen molar-refractivity contribution in [1.82, 2.24) is 0 Å². The Bertz CT molecular complexity index is 723. The van der Waals surface area contributed by atoms with E-state index in [0.29, 0.717) is 18.1 Å². The van der Waals surface area contributed by atoms with E-state index in [4.69, 9.17) is 9.47 Å². The molecule has 1 saturated carbocycles. The lowest BCUT2D eigenvalue weighted by Gasteiger charge is -2.54. The number of benzene rings is 1. The molecule has 2 aliphatic carbocycles. The molecule has 3 rings (SSSR count). The first-order chi connectivity index (χ1) is 12.2. The Labute approximate surface area is 171 Å². The predicted octanol–water partition coefficient (Wildman–Crippen LogP) is 5.45. The molecule has 2 atom stereocenters. The van der Waals surface area contributed by atoms with Gasteiger partial charge in [0, 0.05) is 33.3 Å². The van der Waals surface area contributed by atoms with Crippen LogP contribution in [-0.4, -0.2) is 24.4 Å². The molecule has 1 unspecified atom stereocenters. The summed E-state index contributed by atoms with van der Waals surface area (Å²) in [5.41, 5.74) is 3.40. The summed E-state index contributed by atoms with van der Waals surface area (Å²) in [6.07, 6.45) is 3.82. The fourth-order valence-corrected chi connectivity index (χ4v) is 6.85. The van der Waals surface area contributed by atoms with Gasteiger partial charge in [-0.1, -0.05) is 62.8 Å². The number of fused-ring (bicyclic) bond motifs is 3. The molecular weight excluding hydrogens is 439 g/mol. The van der Waals surface area contributed by atoms with Crippen molar-refractivity contribution in [2.45, 2.75) is 64.7 Å². The van der Waals surface area contributed by atoms with Crippen molar-refractivity contribution in [2.75, 3.05) is 18.6 Å². The molecule has 0 heterocycles. The number of hydrogen-bond donors (Lipinski definition) is 0. The number of halogens is 1. The van der Waals surface area contributed by atoms with Crippen LogP contribution in [0.25, 0.3) is 0 Å². The van der Waals surface area contributed by atoms with Crippen molar-refractivity contribution in [3.8, 4) is 11.5 Å². The van der Waals surface area contributed by atoms with Crippen LogP contribution in [-0.2, 0) is 16.6 Å². The predicted molar refractivity (Wildman–Crippen MR) is 114 cm³/mol. The lowest BCUT2D eigenvalue weighted by Crippen LogP contribution is -2.55. The third-order valence-corrected chi connectivity index (χ3v) is 7.94. The lowest BCUT2D eigenvalue weighted by atomic mass is 9.49. The van der Waals surface area contributed by atoms with Crippen LogP contribution in [0.4, 0.5) is 0 Å². The van der Waals surface area contributed by atoms with Crippen molar-refractivity contribution in [3.63, 3.8) is 0 Å². The van der Waals surface area contributed by atoms with Gasteiger partial charge in [0.2, 0.25) is 0 Å². The Morgan fingerprint density at radius 2 is 1.85 bits per heavy atom. The molecule has 2 aliphatic rings. The van der Waals surface area contributed by atoms with E-state index in [1.807, 2.05) is 0 Å². The summed E-state index contributed by atoms with van der Waals surface area (Å²) in [6.45, 7) is 8.86. The molecule has 0 saturated heterocycles. The van der Waals surface area contributed by atoms with E-state index in [-0.39, 0.29) is 16.7 Å². The highest BCUT2D eigenvalue weighted by Gasteiger charge is 2.57. The molecule has 4 heteroatoms. The van der Waals surface area contributed by atoms with E-state index < -0.39 is 0 Å². The van der Waals surface area contributed by atoms with Gasteiger partial charge in [0.15, 0.2) is 11.5 Å². The largest absolute Gasteiger partial charge is 0.493 e. The highest BCUT2D eigenvalue weighted by Crippen LogP contribution is 2.60. The van der Waals surface area contributed by atoms with E-state index in [9.17, 15) is 4.79 Å². The number of carbonyl (C=O) groups excluding carboxylic acids is 1. The number of carbonyl (C=O) groups is 1. The second kappa shape index (κ2) is 6.99. The minimum absolute atomic E-state index is 0.0210. The van der Waals surface area contributed by atoms with Crippen LogP contribution in [0.1, 0.15) is 69.6 Å². The van der Waals surface area contributed by atoms with Gasteiger partial charge < -0.3 is 9.47 Å². The minimum atomic E-state index is -0.152. The number of ketones is 1. The molecule has 0 amide bonds. The van der Waals surface area contributed by atoms with Crippen molar-refractivity contribution in [1.29, 1.82) is 0 Å². The Morgan fingerprint density at radius 1 is 1.19 bits per heavy atom. The van der Waals surface area contributed by atoms with E-state index in [1.165, 1.54) is 5.56 Å². The van der Waals surface area contributed by atoms with E-state index in [0.717, 1.165) is 46.3 Å². The third-order valence-electron chi connectivity index (χ3n) is 6.58. The third kappa shape index (κ3) is 2.78. The van der Waals surface area contributed by atoms with Crippen LogP contribution >= 0.6 is 22.6 Å². The van der Waals surface area contributed by atoms with Crippen molar-refractivity contribution >= 4 is 28.4 Å². The standard InChI is InChI=1S/C22H31IO3/c1-13(2)15-10-14-11-16(24)20-21(3,4)8-7-9-22(20,12-23)17(14)19(26-6)18(15)25-5/h10,13,20H,7-9,11-12H2,1-6H3/t20?,22-/m0/s1. The molecule has 0 bridgehead atoms. The molecule has 1 fully saturated rings. The highest BCUT2D eigenvalue weighted by atomic mass is 127. The molecule has 0 N–H and O–H groups in total. The molecule has 26 heavy (non-hydrogen) atoms. The van der Waals surface area contributed by atoms with Crippen LogP contribution in [0.5, 0.6) is 11.5 Å². The number of alkyl halides is 1. The van der Waals surface area contributed by atoms with Crippen molar-refractivity contribution in [3.05, 3.63) is 22.8 Å². The molecule has 1 aromatic carbocycles. The zero-order chi connectivity index (χ0) is 19.3. The zero-order valence-electron chi connectivity index (χ0n) is 16.9. The Morgan fingerprint density at radius 3 is 2.38 bits per heavy atom. The van der Waals surface area contributed by atoms with Gasteiger partial charge in [-0.2, -0.15) is 0 Å². The summed E-state index contributed by atoms with van der Waals surface area (Å²) in [7, 11) is 3.46. The Hall–Kier alpha value is -0.780. The van der Waals surface area contributed by atoms with Gasteiger partial charge in [0.25, 0.3) is 0 Å². The zero-order valence-corrected chi connectivity index (χ0v) is 19.0. The van der Waals surface area contributed by atoms with Crippen LogP contribution in [0.2, 0.25) is 0 Å². The van der Waals surface area contributed by atoms with Crippen molar-refractivity contribution < 1.29 is 14.3 Å². The molecule has 0 aliphatic heterocycles. The first-order valence-electron chi connectivity index (χ1n) is 9.60. The molecule has 0 spiro atoms. The van der Waals surface area contributed by atoms with Gasteiger partial charge in [0.1, 0.15) is 5.78 Å². The topological polar surface area (TPSA) is 35.5 Å². The van der Waals surface area contributed by atoms with E-state index in [2.05, 4.69) is 56.4 Å². The van der Waals surface area contributed by atoms with Crippen LogP contribution in [0.3, 0.4) is 0 Å². The molecule has 0 radical (unpaired) electrons. The summed E-state index contributed by atoms with van der Waals surface area (Å²) >= 11 is 2.49. The minimum Gasteiger partial charge on any atom is -0.493 e. The van der Waals surface area contributed by atoms with E-state index in [1.54, 1.807) is 14.2 Å². The lowest BCUT2D eigenvalue weighted by molar-refractivity contribution is -0.132. The van der Waals surface area contributed by atoms with Gasteiger partial charge in [-0.15, -0.1) is 0 Å². The average molecular weight is 470 g/mol. The summed E-state index contributed by atoms with van der Waals surface area (Å²) in [4.78, 5) is 13.3. The Kier molecular flexibility index (Phi) is 5.37. The molecule has 3 nitrogen and oxygen atoms in total. The number of rotatable bonds is 4. The second-order valence-corrected chi connectivity index (χ2v) is 9.69. The molecule has 1 aromatic rings. The number of methoxy groups -OCH3 is 2. The first-order valence-corrected chi connectivity index (χ1v) is 11.1. The Balaban J connectivity index is 2.36. The molecule has 144 valence electrons. The first kappa shape index (κ1) is 20.0. The number of ether oxygens (including phenoxy) is 2.